The van der Waals surface area contributed by atoms with Crippen LogP contribution in [0, 0.1) is 6.42 Å². The number of hydrogen-bond donors (Lipinski definition) is 0. The summed E-state index contributed by atoms with van der Waals surface area (Å²) in [6.45, 7) is 0. The van der Waals surface area contributed by atoms with Gasteiger partial charge in [0.1, 0.15) is 0 Å². The van der Waals surface area contributed by atoms with Gasteiger partial charge in [-0.3, -0.25) is 0 Å². The molecule has 10 heavy (non-hydrogen) atoms. The van der Waals surface area contributed by atoms with E-state index in [4.69, 9.17) is 36.8 Å². The Morgan fingerprint density at radius 3 is 1.10 bits per heavy atom. The third kappa shape index (κ3) is 16.2. The number of halogens is 4. The third-order valence-electron chi connectivity index (χ3n) is 0.556. The van der Waals surface area contributed by atoms with Crippen molar-refractivity contribution in [1.82, 2.24) is 0 Å². The molecule has 0 spiro atoms. The fraction of sp³-hybridized carbons (Fsp3) is 0. The molecule has 0 atom stereocenters. The summed E-state index contributed by atoms with van der Waals surface area (Å²) in [5.74, 6) is 0. The van der Waals surface area contributed by atoms with Gasteiger partial charge in [0.15, 0.2) is 0 Å². The Bertz CT molecular complexity index is 119. The molecule has 0 saturated carbocycles. The molecule has 0 bridgehead atoms. The summed E-state index contributed by atoms with van der Waals surface area (Å²) in [5.41, 5.74) is 0. The molecule has 0 aliphatic heterocycles. The summed E-state index contributed by atoms with van der Waals surface area (Å²) in [5, 5.41) is 0. The zero-order chi connectivity index (χ0) is 8.04. The molecule has 0 saturated heterocycles. The minimum absolute atomic E-state index is 2.00. The second kappa shape index (κ2) is 5.96. The average Bonchev–Trinajstić information content (AvgIpc) is 2.07. The van der Waals surface area contributed by atoms with E-state index in [1.807, 2.05) is 30.7 Å². The van der Waals surface area contributed by atoms with Gasteiger partial charge in [-0.1, -0.05) is 24.3 Å². The van der Waals surface area contributed by atoms with E-state index in [-0.39, 0.29) is 0 Å². The molecule has 1 rings (SSSR count). The van der Waals surface area contributed by atoms with Gasteiger partial charge in [0, 0.05) is 6.42 Å². The van der Waals surface area contributed by atoms with Gasteiger partial charge in [0.05, 0.1) is 0 Å². The fourth-order valence-corrected chi connectivity index (χ4v) is 0.321. The molecular formula is C5H5Cl4Ta. The summed E-state index contributed by atoms with van der Waals surface area (Å²) >= 11 is -3.33. The topological polar surface area (TPSA) is 0 Å². The Kier molecular flexibility index (Phi) is 6.78. The molecule has 0 heterocycles. The molecule has 0 aromatic rings. The van der Waals surface area contributed by atoms with Gasteiger partial charge in [0.2, 0.25) is 0 Å². The Balaban J connectivity index is 0.000000162. The number of hydrogen-bond acceptors (Lipinski definition) is 0. The molecule has 0 aromatic heterocycles. The van der Waals surface area contributed by atoms with E-state index < -0.39 is 12.8 Å². The van der Waals surface area contributed by atoms with Gasteiger partial charge >= 0.3 is 49.6 Å². The fourth-order valence-electron chi connectivity index (χ4n) is 0.321. The van der Waals surface area contributed by atoms with Crippen LogP contribution in [0.2, 0.25) is 0 Å². The first-order valence-electron chi connectivity index (χ1n) is 2.34. The van der Waals surface area contributed by atoms with Crippen molar-refractivity contribution in [3.8, 4) is 0 Å². The zero-order valence-electron chi connectivity index (χ0n) is 4.85. The second-order valence-corrected chi connectivity index (χ2v) is 29.2. The van der Waals surface area contributed by atoms with Gasteiger partial charge in [-0.15, -0.1) is 0 Å². The van der Waals surface area contributed by atoms with Crippen LogP contribution in [0.4, 0.5) is 0 Å². The van der Waals surface area contributed by atoms with E-state index in [2.05, 4.69) is 0 Å². The molecule has 1 aliphatic rings. The molecule has 0 aromatic carbocycles. The van der Waals surface area contributed by atoms with E-state index in [0.717, 1.165) is 0 Å². The van der Waals surface area contributed by atoms with E-state index in [9.17, 15) is 0 Å². The van der Waals surface area contributed by atoms with E-state index in [1.165, 1.54) is 0 Å². The maximum atomic E-state index is 5.04. The monoisotopic (exact) mass is 386 g/mol. The van der Waals surface area contributed by atoms with Crippen LogP contribution in [0.15, 0.2) is 24.3 Å². The van der Waals surface area contributed by atoms with Crippen LogP contribution in [-0.4, -0.2) is 0 Å². The summed E-state index contributed by atoms with van der Waals surface area (Å²) < 4.78 is 0. The van der Waals surface area contributed by atoms with Crippen LogP contribution in [0.1, 0.15) is 0 Å². The Morgan fingerprint density at radius 1 is 0.700 bits per heavy atom. The predicted molar refractivity (Wildman–Crippen MR) is 46.0 cm³/mol. The number of allylic oxidation sites excluding steroid dienone is 4. The summed E-state index contributed by atoms with van der Waals surface area (Å²) in [6.07, 6.45) is 10.0. The first-order valence-corrected chi connectivity index (χ1v) is 18.3. The van der Waals surface area contributed by atoms with Crippen molar-refractivity contribution in [2.24, 2.45) is 0 Å². The van der Waals surface area contributed by atoms with Crippen LogP contribution in [0.5, 0.6) is 0 Å². The Labute approximate surface area is 79.6 Å². The zero-order valence-corrected chi connectivity index (χ0v) is 11.1. The van der Waals surface area contributed by atoms with Gasteiger partial charge < -0.3 is 0 Å². The Morgan fingerprint density at radius 2 is 1.00 bits per heavy atom. The number of rotatable bonds is 0. The minimum atomic E-state index is -3.33. The first-order chi connectivity index (χ1) is 4.50. The van der Waals surface area contributed by atoms with Crippen LogP contribution >= 0.6 is 36.8 Å². The average molecular weight is 388 g/mol. The van der Waals surface area contributed by atoms with Gasteiger partial charge in [0.25, 0.3) is 0 Å². The molecule has 0 unspecified atom stereocenters. The van der Waals surface area contributed by atoms with Crippen molar-refractivity contribution in [2.75, 3.05) is 0 Å². The maximum absolute atomic E-state index is 5.04. The van der Waals surface area contributed by atoms with E-state index >= 15 is 0 Å². The van der Waals surface area contributed by atoms with Crippen molar-refractivity contribution < 1.29 is 12.8 Å². The van der Waals surface area contributed by atoms with Crippen LogP contribution in [-0.2, 0) is 12.8 Å². The standard InChI is InChI=1S/C5H5.4ClH.Ta/c1-2-4-5-3-1;;;;;/h1-5H;4*1H;/q;;;;;+4/p-4. The van der Waals surface area contributed by atoms with Crippen molar-refractivity contribution in [3.05, 3.63) is 30.7 Å². The van der Waals surface area contributed by atoms with Crippen LogP contribution in [0.3, 0.4) is 0 Å². The summed E-state index contributed by atoms with van der Waals surface area (Å²) in [7, 11) is 20.2. The SMILES string of the molecule is [CH]1C=CC=C1.[Cl][Ta]([Cl])([Cl])[Cl]. The molecule has 5 heteroatoms. The van der Waals surface area contributed by atoms with Crippen LogP contribution in [0.25, 0.3) is 0 Å². The van der Waals surface area contributed by atoms with Gasteiger partial charge in [-0.2, -0.15) is 0 Å². The van der Waals surface area contributed by atoms with E-state index in [0.29, 0.717) is 0 Å². The normalized spacial score (nSPS) is 14.8. The van der Waals surface area contributed by atoms with Gasteiger partial charge in [-0.05, 0) is 0 Å². The first kappa shape index (κ1) is 11.4. The molecule has 0 N–H and O–H groups in total. The van der Waals surface area contributed by atoms with Crippen molar-refractivity contribution >= 4 is 36.8 Å². The summed E-state index contributed by atoms with van der Waals surface area (Å²) in [4.78, 5) is 0. The molecular weight excluding hydrogens is 383 g/mol. The van der Waals surface area contributed by atoms with Crippen LogP contribution < -0.4 is 0 Å². The molecule has 0 nitrogen and oxygen atoms in total. The molecule has 58 valence electrons. The third-order valence-corrected chi connectivity index (χ3v) is 0.556. The second-order valence-electron chi connectivity index (χ2n) is 1.35. The molecule has 1 aliphatic carbocycles. The quantitative estimate of drug-likeness (QED) is 0.587. The summed E-state index contributed by atoms with van der Waals surface area (Å²) in [6, 6.07) is 0. The predicted octanol–water partition coefficient (Wildman–Crippen LogP) is 4.07. The van der Waals surface area contributed by atoms with Crippen molar-refractivity contribution in [2.45, 2.75) is 0 Å². The van der Waals surface area contributed by atoms with Crippen molar-refractivity contribution in [3.63, 3.8) is 0 Å². The molecule has 0 fully saturated rings. The Hall–Kier alpha value is 1.38. The van der Waals surface area contributed by atoms with Gasteiger partial charge in [-0.25, -0.2) is 0 Å². The van der Waals surface area contributed by atoms with E-state index in [1.54, 1.807) is 0 Å². The molecule has 1 radical (unpaired) electrons. The van der Waals surface area contributed by atoms with Crippen molar-refractivity contribution in [1.29, 1.82) is 0 Å². The molecule has 0 amide bonds.